The van der Waals surface area contributed by atoms with Crippen LogP contribution in [0.1, 0.15) is 35.6 Å². The van der Waals surface area contributed by atoms with Gasteiger partial charge in [-0.25, -0.2) is 4.98 Å². The predicted octanol–water partition coefficient (Wildman–Crippen LogP) is 4.08. The molecule has 2 aromatic carbocycles. The molecule has 5 heteroatoms. The Morgan fingerprint density at radius 2 is 1.57 bits per heavy atom. The Hall–Kier alpha value is -3.65. The molecule has 1 aromatic heterocycles. The fourth-order valence-electron chi connectivity index (χ4n) is 3.92. The molecule has 1 fully saturated rings. The first-order chi connectivity index (χ1) is 14.7. The molecular formula is C25H24N4O. The van der Waals surface area contributed by atoms with E-state index in [2.05, 4.69) is 45.5 Å². The number of benzene rings is 2. The highest BCUT2D eigenvalue weighted by Crippen LogP contribution is 2.26. The minimum absolute atomic E-state index is 0.0189. The van der Waals surface area contributed by atoms with E-state index in [1.807, 2.05) is 42.5 Å². The Morgan fingerprint density at radius 3 is 2.07 bits per heavy atom. The Morgan fingerprint density at radius 1 is 0.967 bits per heavy atom. The van der Waals surface area contributed by atoms with E-state index in [-0.39, 0.29) is 17.9 Å². The number of rotatable bonds is 5. The van der Waals surface area contributed by atoms with Gasteiger partial charge in [0.15, 0.2) is 0 Å². The third kappa shape index (κ3) is 4.49. The van der Waals surface area contributed by atoms with Crippen LogP contribution in [0, 0.1) is 17.2 Å². The van der Waals surface area contributed by atoms with Gasteiger partial charge in [0.05, 0.1) is 11.6 Å². The van der Waals surface area contributed by atoms with E-state index in [0.717, 1.165) is 42.9 Å². The Kier molecular flexibility index (Phi) is 6.05. The van der Waals surface area contributed by atoms with Crippen LogP contribution in [0.15, 0.2) is 79.0 Å². The number of pyridine rings is 1. The van der Waals surface area contributed by atoms with Gasteiger partial charge in [-0.2, -0.15) is 5.26 Å². The van der Waals surface area contributed by atoms with Gasteiger partial charge in [-0.1, -0.05) is 60.7 Å². The fourth-order valence-corrected chi connectivity index (χ4v) is 3.92. The zero-order chi connectivity index (χ0) is 20.8. The van der Waals surface area contributed by atoms with Crippen LogP contribution in [0.5, 0.6) is 0 Å². The van der Waals surface area contributed by atoms with Crippen LogP contribution in [-0.2, 0) is 4.79 Å². The van der Waals surface area contributed by atoms with Crippen LogP contribution in [0.25, 0.3) is 0 Å². The smallest absolute Gasteiger partial charge is 0.223 e. The standard InChI is InChI=1S/C25H24N4O/c26-17-19-11-12-23(27-18-19)29-15-13-22(14-16-29)25(30)28-24(20-7-3-1-4-8-20)21-9-5-2-6-10-21/h1-12,18,22,24H,13-16H2,(H,28,30). The predicted molar refractivity (Wildman–Crippen MR) is 117 cm³/mol. The quantitative estimate of drug-likeness (QED) is 0.706. The molecule has 1 N–H and O–H groups in total. The second-order valence-electron chi connectivity index (χ2n) is 7.54. The SMILES string of the molecule is N#Cc1ccc(N2CCC(C(=O)NC(c3ccccc3)c3ccccc3)CC2)nc1. The number of nitrogens with one attached hydrogen (secondary N) is 1. The monoisotopic (exact) mass is 396 g/mol. The van der Waals surface area contributed by atoms with Gasteiger partial charge in [0.1, 0.15) is 11.9 Å². The van der Waals surface area contributed by atoms with Crippen molar-refractivity contribution < 1.29 is 4.79 Å². The molecule has 4 rings (SSSR count). The van der Waals surface area contributed by atoms with Gasteiger partial charge < -0.3 is 10.2 Å². The maximum absolute atomic E-state index is 13.1. The summed E-state index contributed by atoms with van der Waals surface area (Å²) in [6.45, 7) is 1.55. The summed E-state index contributed by atoms with van der Waals surface area (Å²) in [5.41, 5.74) is 2.72. The van der Waals surface area contributed by atoms with Crippen molar-refractivity contribution >= 4 is 11.7 Å². The number of hydrogen-bond acceptors (Lipinski definition) is 4. The Balaban J connectivity index is 1.42. The molecule has 0 unspecified atom stereocenters. The van der Waals surface area contributed by atoms with Crippen LogP contribution < -0.4 is 10.2 Å². The lowest BCUT2D eigenvalue weighted by molar-refractivity contribution is -0.126. The maximum Gasteiger partial charge on any atom is 0.223 e. The minimum atomic E-state index is -0.155. The van der Waals surface area contributed by atoms with Gasteiger partial charge in [0.25, 0.3) is 0 Å². The van der Waals surface area contributed by atoms with E-state index in [4.69, 9.17) is 5.26 Å². The van der Waals surface area contributed by atoms with Crippen molar-refractivity contribution in [3.63, 3.8) is 0 Å². The normalized spacial score (nSPS) is 14.3. The van der Waals surface area contributed by atoms with Gasteiger partial charge in [-0.15, -0.1) is 0 Å². The largest absolute Gasteiger partial charge is 0.357 e. The molecule has 1 aliphatic heterocycles. The molecule has 150 valence electrons. The lowest BCUT2D eigenvalue weighted by atomic mass is 9.93. The first-order valence-corrected chi connectivity index (χ1v) is 10.3. The Bertz CT molecular complexity index is 965. The summed E-state index contributed by atoms with van der Waals surface area (Å²) in [5, 5.41) is 12.2. The molecule has 2 heterocycles. The second-order valence-corrected chi connectivity index (χ2v) is 7.54. The van der Waals surface area contributed by atoms with Crippen LogP contribution in [0.3, 0.4) is 0 Å². The molecule has 1 aliphatic rings. The lowest BCUT2D eigenvalue weighted by Gasteiger charge is -2.33. The van der Waals surface area contributed by atoms with Crippen LogP contribution >= 0.6 is 0 Å². The number of nitriles is 1. The Labute approximate surface area is 177 Å². The number of hydrogen-bond donors (Lipinski definition) is 1. The highest BCUT2D eigenvalue weighted by molar-refractivity contribution is 5.80. The summed E-state index contributed by atoms with van der Waals surface area (Å²) in [5.74, 6) is 0.939. The van der Waals surface area contributed by atoms with Crippen LogP contribution in [-0.4, -0.2) is 24.0 Å². The first kappa shape index (κ1) is 19.7. The van der Waals surface area contributed by atoms with E-state index in [0.29, 0.717) is 5.56 Å². The van der Waals surface area contributed by atoms with Crippen molar-refractivity contribution in [3.8, 4) is 6.07 Å². The van der Waals surface area contributed by atoms with Crippen molar-refractivity contribution in [2.75, 3.05) is 18.0 Å². The number of carbonyl (C=O) groups is 1. The van der Waals surface area contributed by atoms with Crippen molar-refractivity contribution in [1.82, 2.24) is 10.3 Å². The van der Waals surface area contributed by atoms with Gasteiger partial charge in [0, 0.05) is 25.2 Å². The minimum Gasteiger partial charge on any atom is -0.357 e. The lowest BCUT2D eigenvalue weighted by Crippen LogP contribution is -2.42. The molecule has 0 bridgehead atoms. The summed E-state index contributed by atoms with van der Waals surface area (Å²) >= 11 is 0. The topological polar surface area (TPSA) is 69.0 Å². The van der Waals surface area contributed by atoms with Gasteiger partial charge in [0.2, 0.25) is 5.91 Å². The number of amides is 1. The molecule has 0 aliphatic carbocycles. The van der Waals surface area contributed by atoms with E-state index < -0.39 is 0 Å². The number of aromatic nitrogens is 1. The number of carbonyl (C=O) groups excluding carboxylic acids is 1. The van der Waals surface area contributed by atoms with Crippen molar-refractivity contribution in [1.29, 1.82) is 5.26 Å². The summed E-state index contributed by atoms with van der Waals surface area (Å²) in [6.07, 6.45) is 3.16. The van der Waals surface area contributed by atoms with Crippen LogP contribution in [0.4, 0.5) is 5.82 Å². The van der Waals surface area contributed by atoms with Crippen molar-refractivity contribution in [2.45, 2.75) is 18.9 Å². The molecule has 1 amide bonds. The third-order valence-corrected chi connectivity index (χ3v) is 5.62. The van der Waals surface area contributed by atoms with Crippen molar-refractivity contribution in [2.24, 2.45) is 5.92 Å². The molecule has 0 radical (unpaired) electrons. The first-order valence-electron chi connectivity index (χ1n) is 10.3. The number of anilines is 1. The van der Waals surface area contributed by atoms with E-state index in [9.17, 15) is 4.79 Å². The van der Waals surface area contributed by atoms with E-state index in [1.165, 1.54) is 0 Å². The van der Waals surface area contributed by atoms with Gasteiger partial charge in [-0.3, -0.25) is 4.79 Å². The number of piperidine rings is 1. The molecule has 0 atom stereocenters. The molecule has 0 saturated carbocycles. The van der Waals surface area contributed by atoms with Crippen LogP contribution in [0.2, 0.25) is 0 Å². The van der Waals surface area contributed by atoms with Crippen molar-refractivity contribution in [3.05, 3.63) is 95.7 Å². The van der Waals surface area contributed by atoms with Gasteiger partial charge in [-0.05, 0) is 36.1 Å². The summed E-state index contributed by atoms with van der Waals surface area (Å²) in [6, 6.07) is 25.8. The zero-order valence-electron chi connectivity index (χ0n) is 16.7. The summed E-state index contributed by atoms with van der Waals surface area (Å²) in [7, 11) is 0. The maximum atomic E-state index is 13.1. The second kappa shape index (κ2) is 9.23. The summed E-state index contributed by atoms with van der Waals surface area (Å²) in [4.78, 5) is 19.7. The molecule has 30 heavy (non-hydrogen) atoms. The zero-order valence-corrected chi connectivity index (χ0v) is 16.7. The number of nitrogens with zero attached hydrogens (tertiary/aromatic N) is 3. The highest BCUT2D eigenvalue weighted by Gasteiger charge is 2.28. The molecule has 1 saturated heterocycles. The molecule has 0 spiro atoms. The highest BCUT2D eigenvalue weighted by atomic mass is 16.1. The van der Waals surface area contributed by atoms with E-state index in [1.54, 1.807) is 12.3 Å². The third-order valence-electron chi connectivity index (χ3n) is 5.62. The van der Waals surface area contributed by atoms with E-state index >= 15 is 0 Å². The average Bonchev–Trinajstić information content (AvgIpc) is 2.83. The molecule has 5 nitrogen and oxygen atoms in total. The van der Waals surface area contributed by atoms with Gasteiger partial charge >= 0.3 is 0 Å². The molecule has 3 aromatic rings. The molecular weight excluding hydrogens is 372 g/mol. The average molecular weight is 396 g/mol. The fraction of sp³-hybridized carbons (Fsp3) is 0.240. The summed E-state index contributed by atoms with van der Waals surface area (Å²) < 4.78 is 0.